The van der Waals surface area contributed by atoms with Crippen LogP contribution >= 0.6 is 0 Å². The summed E-state index contributed by atoms with van der Waals surface area (Å²) in [5, 5.41) is 2.90. The summed E-state index contributed by atoms with van der Waals surface area (Å²) in [5.41, 5.74) is 0.676. The minimum atomic E-state index is -0.401. The third kappa shape index (κ3) is 4.20. The Morgan fingerprint density at radius 3 is 2.83 bits per heavy atom. The normalized spacial score (nSPS) is 16.7. The van der Waals surface area contributed by atoms with Crippen LogP contribution in [0.25, 0.3) is 5.82 Å². The molecule has 1 saturated carbocycles. The monoisotopic (exact) mass is 328 g/mol. The highest BCUT2D eigenvalue weighted by Gasteiger charge is 2.23. The number of nitrogens with zero attached hydrogens (tertiary/aromatic N) is 3. The van der Waals surface area contributed by atoms with Crippen molar-refractivity contribution in [2.24, 2.45) is 0 Å². The van der Waals surface area contributed by atoms with E-state index in [1.807, 2.05) is 29.8 Å². The summed E-state index contributed by atoms with van der Waals surface area (Å²) >= 11 is 0. The van der Waals surface area contributed by atoms with E-state index in [1.165, 1.54) is 19.3 Å². The maximum Gasteiger partial charge on any atom is 0.253 e. The number of hydrogen-bond acceptors (Lipinski definition) is 4. The predicted octanol–water partition coefficient (Wildman–Crippen LogP) is 3.33. The largest absolute Gasteiger partial charge is 0.365 e. The van der Waals surface area contributed by atoms with E-state index in [4.69, 9.17) is 4.74 Å². The van der Waals surface area contributed by atoms with Gasteiger partial charge in [0.15, 0.2) is 0 Å². The van der Waals surface area contributed by atoms with Gasteiger partial charge in [0.25, 0.3) is 5.91 Å². The number of anilines is 1. The number of hydrogen-bond donors (Lipinski definition) is 1. The van der Waals surface area contributed by atoms with Crippen LogP contribution in [0.2, 0.25) is 0 Å². The van der Waals surface area contributed by atoms with E-state index in [0.29, 0.717) is 12.1 Å². The molecule has 128 valence electrons. The lowest BCUT2D eigenvalue weighted by Gasteiger charge is -2.26. The lowest BCUT2D eigenvalue weighted by Crippen LogP contribution is -2.34. The Hall–Kier alpha value is -2.21. The molecule has 2 aromatic rings. The van der Waals surface area contributed by atoms with Gasteiger partial charge in [0.1, 0.15) is 18.2 Å². The standard InChI is InChI=1S/C18H24N4O2/c1-2-16(24-15-6-4-3-5-7-15)18(23)21-14-8-9-17(20-12-14)22-11-10-19-13-22/h8-13,15-16H,2-7H2,1H3,(H,21,23). The van der Waals surface area contributed by atoms with Crippen molar-refractivity contribution in [2.45, 2.75) is 57.7 Å². The fourth-order valence-electron chi connectivity index (χ4n) is 3.01. The highest BCUT2D eigenvalue weighted by Crippen LogP contribution is 2.22. The number of imidazole rings is 1. The molecule has 6 nitrogen and oxygen atoms in total. The average molecular weight is 328 g/mol. The fourth-order valence-corrected chi connectivity index (χ4v) is 3.01. The second-order valence-electron chi connectivity index (χ2n) is 6.16. The van der Waals surface area contributed by atoms with Crippen LogP contribution in [0.1, 0.15) is 45.4 Å². The summed E-state index contributed by atoms with van der Waals surface area (Å²) < 4.78 is 7.82. The van der Waals surface area contributed by atoms with E-state index >= 15 is 0 Å². The molecule has 1 fully saturated rings. The lowest BCUT2D eigenvalue weighted by molar-refractivity contribution is -0.132. The lowest BCUT2D eigenvalue weighted by atomic mass is 9.97. The number of ether oxygens (including phenoxy) is 1. The van der Waals surface area contributed by atoms with Crippen LogP contribution in [-0.2, 0) is 9.53 Å². The number of amides is 1. The molecule has 0 saturated heterocycles. The van der Waals surface area contributed by atoms with Gasteiger partial charge in [-0.1, -0.05) is 26.2 Å². The van der Waals surface area contributed by atoms with Crippen LogP contribution in [0.5, 0.6) is 0 Å². The molecule has 2 aromatic heterocycles. The van der Waals surface area contributed by atoms with Crippen LogP contribution in [0.3, 0.4) is 0 Å². The molecule has 0 radical (unpaired) electrons. The minimum absolute atomic E-state index is 0.0970. The van der Waals surface area contributed by atoms with E-state index in [2.05, 4.69) is 15.3 Å². The second kappa shape index (κ2) is 8.06. The van der Waals surface area contributed by atoms with E-state index in [-0.39, 0.29) is 12.0 Å². The topological polar surface area (TPSA) is 69.0 Å². The van der Waals surface area contributed by atoms with Crippen LogP contribution in [0, 0.1) is 0 Å². The highest BCUT2D eigenvalue weighted by atomic mass is 16.5. The summed E-state index contributed by atoms with van der Waals surface area (Å²) in [6.45, 7) is 1.98. The molecule has 1 amide bonds. The van der Waals surface area contributed by atoms with Gasteiger partial charge in [-0.05, 0) is 31.4 Å². The van der Waals surface area contributed by atoms with E-state index in [0.717, 1.165) is 18.7 Å². The number of aromatic nitrogens is 3. The zero-order valence-corrected chi connectivity index (χ0v) is 14.0. The Kier molecular flexibility index (Phi) is 5.59. The molecule has 1 unspecified atom stereocenters. The number of carbonyl (C=O) groups excluding carboxylic acids is 1. The maximum absolute atomic E-state index is 12.5. The van der Waals surface area contributed by atoms with Crippen LogP contribution in [-0.4, -0.2) is 32.7 Å². The molecule has 1 N–H and O–H groups in total. The molecule has 0 aromatic carbocycles. The summed E-state index contributed by atoms with van der Waals surface area (Å²) in [6, 6.07) is 3.69. The summed E-state index contributed by atoms with van der Waals surface area (Å²) in [7, 11) is 0. The third-order valence-electron chi connectivity index (χ3n) is 4.36. The third-order valence-corrected chi connectivity index (χ3v) is 4.36. The van der Waals surface area contributed by atoms with Gasteiger partial charge in [0, 0.05) is 12.4 Å². The molecular weight excluding hydrogens is 304 g/mol. The molecule has 0 bridgehead atoms. The van der Waals surface area contributed by atoms with Crippen molar-refractivity contribution < 1.29 is 9.53 Å². The molecule has 0 spiro atoms. The average Bonchev–Trinajstić information content (AvgIpc) is 3.16. The predicted molar refractivity (Wildman–Crippen MR) is 92.0 cm³/mol. The molecule has 24 heavy (non-hydrogen) atoms. The Balaban J connectivity index is 1.58. The number of rotatable bonds is 6. The molecule has 3 rings (SSSR count). The Morgan fingerprint density at radius 1 is 1.38 bits per heavy atom. The van der Waals surface area contributed by atoms with Crippen molar-refractivity contribution in [3.8, 4) is 5.82 Å². The zero-order chi connectivity index (χ0) is 16.8. The van der Waals surface area contributed by atoms with E-state index < -0.39 is 6.10 Å². The summed E-state index contributed by atoms with van der Waals surface area (Å²) in [4.78, 5) is 20.8. The molecule has 2 heterocycles. The van der Waals surface area contributed by atoms with Crippen molar-refractivity contribution in [2.75, 3.05) is 5.32 Å². The Labute approximate surface area is 142 Å². The number of nitrogens with one attached hydrogen (secondary N) is 1. The molecule has 0 aliphatic heterocycles. The first kappa shape index (κ1) is 16.6. The Morgan fingerprint density at radius 2 is 2.21 bits per heavy atom. The van der Waals surface area contributed by atoms with Gasteiger partial charge in [0.05, 0.1) is 18.0 Å². The van der Waals surface area contributed by atoms with Crippen molar-refractivity contribution in [1.82, 2.24) is 14.5 Å². The van der Waals surface area contributed by atoms with Gasteiger partial charge in [-0.2, -0.15) is 0 Å². The van der Waals surface area contributed by atoms with Crippen molar-refractivity contribution in [3.63, 3.8) is 0 Å². The van der Waals surface area contributed by atoms with Gasteiger partial charge in [-0.25, -0.2) is 9.97 Å². The first-order valence-corrected chi connectivity index (χ1v) is 8.67. The van der Waals surface area contributed by atoms with Crippen LogP contribution < -0.4 is 5.32 Å². The molecule has 1 aliphatic carbocycles. The first-order valence-electron chi connectivity index (χ1n) is 8.67. The SMILES string of the molecule is CCC(OC1CCCCC1)C(=O)Nc1ccc(-n2ccnc2)nc1. The molecular formula is C18H24N4O2. The van der Waals surface area contributed by atoms with E-state index in [1.54, 1.807) is 18.7 Å². The van der Waals surface area contributed by atoms with Gasteiger partial charge in [-0.15, -0.1) is 0 Å². The molecule has 1 aliphatic rings. The quantitative estimate of drug-likeness (QED) is 0.883. The maximum atomic E-state index is 12.5. The van der Waals surface area contributed by atoms with Crippen molar-refractivity contribution in [1.29, 1.82) is 0 Å². The fraction of sp³-hybridized carbons (Fsp3) is 0.500. The first-order chi connectivity index (χ1) is 11.8. The minimum Gasteiger partial charge on any atom is -0.365 e. The van der Waals surface area contributed by atoms with Crippen LogP contribution in [0.15, 0.2) is 37.1 Å². The molecule has 1 atom stereocenters. The smallest absolute Gasteiger partial charge is 0.253 e. The van der Waals surface area contributed by atoms with Crippen molar-refractivity contribution >= 4 is 11.6 Å². The number of carbonyl (C=O) groups is 1. The van der Waals surface area contributed by atoms with Gasteiger partial charge >= 0.3 is 0 Å². The summed E-state index contributed by atoms with van der Waals surface area (Å²) in [6.07, 6.45) is 13.1. The second-order valence-corrected chi connectivity index (χ2v) is 6.16. The van der Waals surface area contributed by atoms with Crippen molar-refractivity contribution in [3.05, 3.63) is 37.1 Å². The Bertz CT molecular complexity index is 634. The number of pyridine rings is 1. The van der Waals surface area contributed by atoms with Gasteiger partial charge < -0.3 is 10.1 Å². The molecule has 6 heteroatoms. The van der Waals surface area contributed by atoms with E-state index in [9.17, 15) is 4.79 Å². The van der Waals surface area contributed by atoms with Gasteiger partial charge in [0.2, 0.25) is 0 Å². The van der Waals surface area contributed by atoms with Gasteiger partial charge in [-0.3, -0.25) is 9.36 Å². The van der Waals surface area contributed by atoms with Crippen LogP contribution in [0.4, 0.5) is 5.69 Å². The summed E-state index contributed by atoms with van der Waals surface area (Å²) in [5.74, 6) is 0.663. The highest BCUT2D eigenvalue weighted by molar-refractivity contribution is 5.94. The zero-order valence-electron chi connectivity index (χ0n) is 14.0.